The molecule has 0 aromatic carbocycles. The summed E-state index contributed by atoms with van der Waals surface area (Å²) >= 11 is 0. The van der Waals surface area contributed by atoms with E-state index in [9.17, 15) is 0 Å². The lowest BCUT2D eigenvalue weighted by atomic mass is 10.1. The highest BCUT2D eigenvalue weighted by atomic mass is 14.9. The number of rotatable bonds is 3. The average Bonchev–Trinajstić information content (AvgIpc) is 2.88. The molecule has 1 fully saturated rings. The van der Waals surface area contributed by atoms with Crippen LogP contribution in [0.2, 0.25) is 0 Å². The van der Waals surface area contributed by atoms with E-state index in [2.05, 4.69) is 9.97 Å². The van der Waals surface area contributed by atoms with Gasteiger partial charge in [0.25, 0.3) is 0 Å². The van der Waals surface area contributed by atoms with Crippen LogP contribution in [0.15, 0.2) is 12.3 Å². The van der Waals surface area contributed by atoms with Gasteiger partial charge in [0.05, 0.1) is 5.69 Å². The SMILES string of the molecule is Cc1nccc(C(N)CC2CC2)n1. The quantitative estimate of drug-likeness (QED) is 0.762. The van der Waals surface area contributed by atoms with E-state index < -0.39 is 0 Å². The van der Waals surface area contributed by atoms with E-state index in [1.165, 1.54) is 12.8 Å². The van der Waals surface area contributed by atoms with E-state index in [-0.39, 0.29) is 6.04 Å². The predicted molar refractivity (Wildman–Crippen MR) is 51.0 cm³/mol. The molecule has 0 aliphatic heterocycles. The van der Waals surface area contributed by atoms with E-state index >= 15 is 0 Å². The first-order chi connectivity index (χ1) is 6.25. The van der Waals surface area contributed by atoms with E-state index in [0.717, 1.165) is 23.9 Å². The lowest BCUT2D eigenvalue weighted by molar-refractivity contribution is 0.580. The normalized spacial score (nSPS) is 18.6. The fraction of sp³-hybridized carbons (Fsp3) is 0.600. The molecule has 70 valence electrons. The molecule has 1 aliphatic carbocycles. The maximum Gasteiger partial charge on any atom is 0.125 e. The van der Waals surface area contributed by atoms with Crippen molar-refractivity contribution in [3.05, 3.63) is 23.8 Å². The van der Waals surface area contributed by atoms with Gasteiger partial charge in [0.1, 0.15) is 5.82 Å². The summed E-state index contributed by atoms with van der Waals surface area (Å²) in [6, 6.07) is 2.02. The summed E-state index contributed by atoms with van der Waals surface area (Å²) in [4.78, 5) is 8.37. The second kappa shape index (κ2) is 3.42. The summed E-state index contributed by atoms with van der Waals surface area (Å²) in [6.45, 7) is 1.90. The van der Waals surface area contributed by atoms with Gasteiger partial charge in [0.15, 0.2) is 0 Å². The molecule has 0 bridgehead atoms. The Morgan fingerprint density at radius 2 is 2.38 bits per heavy atom. The first-order valence-electron chi connectivity index (χ1n) is 4.81. The monoisotopic (exact) mass is 177 g/mol. The Kier molecular flexibility index (Phi) is 2.27. The highest BCUT2D eigenvalue weighted by Gasteiger charge is 2.24. The summed E-state index contributed by atoms with van der Waals surface area (Å²) in [5.74, 6) is 1.66. The van der Waals surface area contributed by atoms with Gasteiger partial charge in [0.2, 0.25) is 0 Å². The van der Waals surface area contributed by atoms with Crippen LogP contribution in [0, 0.1) is 12.8 Å². The summed E-state index contributed by atoms with van der Waals surface area (Å²) < 4.78 is 0. The summed E-state index contributed by atoms with van der Waals surface area (Å²) in [7, 11) is 0. The third-order valence-corrected chi connectivity index (χ3v) is 2.46. The molecule has 1 atom stereocenters. The summed E-state index contributed by atoms with van der Waals surface area (Å²) in [6.07, 6.45) is 5.55. The Hall–Kier alpha value is -0.960. The molecule has 2 rings (SSSR count). The molecule has 3 nitrogen and oxygen atoms in total. The maximum atomic E-state index is 6.01. The first kappa shape index (κ1) is 8.63. The molecule has 0 spiro atoms. The van der Waals surface area contributed by atoms with Gasteiger partial charge in [-0.3, -0.25) is 0 Å². The second-order valence-electron chi connectivity index (χ2n) is 3.81. The van der Waals surface area contributed by atoms with Crippen molar-refractivity contribution in [2.75, 3.05) is 0 Å². The minimum absolute atomic E-state index is 0.106. The Morgan fingerprint density at radius 1 is 1.62 bits per heavy atom. The molecule has 1 aromatic heterocycles. The maximum absolute atomic E-state index is 6.01. The van der Waals surface area contributed by atoms with Gasteiger partial charge in [0, 0.05) is 12.2 Å². The smallest absolute Gasteiger partial charge is 0.125 e. The molecule has 1 aliphatic rings. The molecule has 13 heavy (non-hydrogen) atoms. The minimum Gasteiger partial charge on any atom is -0.323 e. The zero-order valence-electron chi connectivity index (χ0n) is 7.90. The van der Waals surface area contributed by atoms with Gasteiger partial charge in [-0.2, -0.15) is 0 Å². The van der Waals surface area contributed by atoms with Crippen molar-refractivity contribution < 1.29 is 0 Å². The van der Waals surface area contributed by atoms with Crippen molar-refractivity contribution in [2.45, 2.75) is 32.2 Å². The molecule has 1 heterocycles. The third-order valence-electron chi connectivity index (χ3n) is 2.46. The van der Waals surface area contributed by atoms with Crippen molar-refractivity contribution in [2.24, 2.45) is 11.7 Å². The predicted octanol–water partition coefficient (Wildman–Crippen LogP) is 1.58. The van der Waals surface area contributed by atoms with Crippen LogP contribution in [0.1, 0.15) is 36.8 Å². The van der Waals surface area contributed by atoms with Crippen LogP contribution in [0.25, 0.3) is 0 Å². The molecule has 3 heteroatoms. The molecule has 0 amide bonds. The molecule has 1 saturated carbocycles. The minimum atomic E-state index is 0.106. The number of hydrogen-bond acceptors (Lipinski definition) is 3. The summed E-state index contributed by atoms with van der Waals surface area (Å²) in [5, 5.41) is 0. The van der Waals surface area contributed by atoms with Gasteiger partial charge in [-0.05, 0) is 25.3 Å². The Labute approximate surface area is 78.4 Å². The van der Waals surface area contributed by atoms with Gasteiger partial charge >= 0.3 is 0 Å². The number of hydrogen-bond donors (Lipinski definition) is 1. The van der Waals surface area contributed by atoms with Gasteiger partial charge in [-0.25, -0.2) is 9.97 Å². The Bertz CT molecular complexity index is 294. The number of nitrogens with zero attached hydrogens (tertiary/aromatic N) is 2. The van der Waals surface area contributed by atoms with E-state index in [0.29, 0.717) is 0 Å². The second-order valence-corrected chi connectivity index (χ2v) is 3.81. The van der Waals surface area contributed by atoms with Crippen LogP contribution in [0.5, 0.6) is 0 Å². The number of aromatic nitrogens is 2. The summed E-state index contributed by atoms with van der Waals surface area (Å²) in [5.41, 5.74) is 7.00. The van der Waals surface area contributed by atoms with Crippen LogP contribution in [-0.2, 0) is 0 Å². The first-order valence-corrected chi connectivity index (χ1v) is 4.81. The molecule has 2 N–H and O–H groups in total. The van der Waals surface area contributed by atoms with Gasteiger partial charge < -0.3 is 5.73 Å². The van der Waals surface area contributed by atoms with E-state index in [1.807, 2.05) is 13.0 Å². The molecular formula is C10H15N3. The highest BCUT2D eigenvalue weighted by molar-refractivity contribution is 5.07. The van der Waals surface area contributed by atoms with Crippen LogP contribution in [-0.4, -0.2) is 9.97 Å². The standard InChI is InChI=1S/C10H15N3/c1-7-12-5-4-10(13-7)9(11)6-8-2-3-8/h4-5,8-9H,2-3,6,11H2,1H3. The molecule has 1 unspecified atom stereocenters. The van der Waals surface area contributed by atoms with Crippen molar-refractivity contribution in [1.82, 2.24) is 9.97 Å². The number of aryl methyl sites for hydroxylation is 1. The average molecular weight is 177 g/mol. The largest absolute Gasteiger partial charge is 0.323 e. The van der Waals surface area contributed by atoms with E-state index in [1.54, 1.807) is 6.20 Å². The Balaban J connectivity index is 2.04. The molecule has 0 saturated heterocycles. The fourth-order valence-electron chi connectivity index (χ4n) is 1.51. The van der Waals surface area contributed by atoms with Crippen LogP contribution in [0.4, 0.5) is 0 Å². The topological polar surface area (TPSA) is 51.8 Å². The third kappa shape index (κ3) is 2.25. The van der Waals surface area contributed by atoms with Gasteiger partial charge in [-0.15, -0.1) is 0 Å². The van der Waals surface area contributed by atoms with Gasteiger partial charge in [-0.1, -0.05) is 12.8 Å². The van der Waals surface area contributed by atoms with E-state index in [4.69, 9.17) is 5.73 Å². The zero-order valence-corrected chi connectivity index (χ0v) is 7.90. The zero-order chi connectivity index (χ0) is 9.26. The molecular weight excluding hydrogens is 162 g/mol. The van der Waals surface area contributed by atoms with Crippen molar-refractivity contribution in [3.8, 4) is 0 Å². The van der Waals surface area contributed by atoms with Crippen LogP contribution in [0.3, 0.4) is 0 Å². The van der Waals surface area contributed by atoms with Crippen molar-refractivity contribution in [3.63, 3.8) is 0 Å². The number of nitrogens with two attached hydrogens (primary N) is 1. The lowest BCUT2D eigenvalue weighted by Gasteiger charge is -2.09. The van der Waals surface area contributed by atoms with Crippen LogP contribution >= 0.6 is 0 Å². The van der Waals surface area contributed by atoms with Crippen LogP contribution < -0.4 is 5.73 Å². The molecule has 1 aromatic rings. The highest BCUT2D eigenvalue weighted by Crippen LogP contribution is 2.36. The van der Waals surface area contributed by atoms with Crippen molar-refractivity contribution in [1.29, 1.82) is 0 Å². The lowest BCUT2D eigenvalue weighted by Crippen LogP contribution is -2.13. The Morgan fingerprint density at radius 3 is 3.00 bits per heavy atom. The molecule has 0 radical (unpaired) electrons. The fourth-order valence-corrected chi connectivity index (χ4v) is 1.51. The van der Waals surface area contributed by atoms with Crippen molar-refractivity contribution >= 4 is 0 Å².